The Labute approximate surface area is 105 Å². The minimum Gasteiger partial charge on any atom is -0.411 e. The second-order valence-electron chi connectivity index (χ2n) is 3.68. The summed E-state index contributed by atoms with van der Waals surface area (Å²) in [4.78, 5) is 0. The Morgan fingerprint density at radius 3 is 2.29 bits per heavy atom. The summed E-state index contributed by atoms with van der Waals surface area (Å²) in [6, 6.07) is 17.1. The van der Waals surface area contributed by atoms with E-state index in [4.69, 9.17) is 16.8 Å². The molecule has 0 fully saturated rings. The minimum absolute atomic E-state index is 0.514. The highest BCUT2D eigenvalue weighted by Gasteiger charge is 2.07. The second-order valence-corrected chi connectivity index (χ2v) is 4.09. The van der Waals surface area contributed by atoms with Crippen molar-refractivity contribution in [2.24, 2.45) is 5.16 Å². The molecular weight excluding hydrogens is 234 g/mol. The predicted octanol–water partition coefficient (Wildman–Crippen LogP) is 3.76. The van der Waals surface area contributed by atoms with E-state index in [-0.39, 0.29) is 0 Å². The molecule has 17 heavy (non-hydrogen) atoms. The smallest absolute Gasteiger partial charge is 0.0912 e. The van der Waals surface area contributed by atoms with Crippen LogP contribution < -0.4 is 0 Å². The van der Waals surface area contributed by atoms with Gasteiger partial charge in [-0.3, -0.25) is 0 Å². The molecule has 3 heteroatoms. The van der Waals surface area contributed by atoms with Crippen molar-refractivity contribution in [3.63, 3.8) is 0 Å². The van der Waals surface area contributed by atoms with Crippen molar-refractivity contribution in [2.45, 2.75) is 6.42 Å². The van der Waals surface area contributed by atoms with E-state index in [2.05, 4.69) is 5.16 Å². The molecule has 0 radical (unpaired) electrons. The second kappa shape index (κ2) is 5.51. The van der Waals surface area contributed by atoms with E-state index in [9.17, 15) is 0 Å². The van der Waals surface area contributed by atoms with E-state index in [0.29, 0.717) is 17.2 Å². The molecule has 0 amide bonds. The summed E-state index contributed by atoms with van der Waals surface area (Å²) in [6.45, 7) is 0. The molecule has 0 unspecified atom stereocenters. The molecule has 2 aromatic rings. The maximum absolute atomic E-state index is 9.08. The van der Waals surface area contributed by atoms with Crippen LogP contribution in [-0.2, 0) is 6.42 Å². The number of hydrogen-bond acceptors (Lipinski definition) is 2. The average Bonchev–Trinajstić information content (AvgIpc) is 2.39. The molecule has 2 nitrogen and oxygen atoms in total. The van der Waals surface area contributed by atoms with Crippen LogP contribution in [0, 0.1) is 0 Å². The topological polar surface area (TPSA) is 32.6 Å². The van der Waals surface area contributed by atoms with E-state index in [1.54, 1.807) is 0 Å². The Morgan fingerprint density at radius 2 is 1.65 bits per heavy atom. The Hall–Kier alpha value is -1.80. The fourth-order valence-electron chi connectivity index (χ4n) is 1.65. The monoisotopic (exact) mass is 245 g/mol. The number of oxime groups is 1. The van der Waals surface area contributed by atoms with Crippen LogP contribution in [0.2, 0.25) is 5.02 Å². The SMILES string of the molecule is ON=C(Cc1ccccc1Cl)c1ccccc1. The van der Waals surface area contributed by atoms with Gasteiger partial charge in [0.1, 0.15) is 0 Å². The lowest BCUT2D eigenvalue weighted by Crippen LogP contribution is -2.05. The zero-order chi connectivity index (χ0) is 12.1. The van der Waals surface area contributed by atoms with Crippen LogP contribution >= 0.6 is 11.6 Å². The van der Waals surface area contributed by atoms with Gasteiger partial charge in [0, 0.05) is 11.4 Å². The highest BCUT2D eigenvalue weighted by molar-refractivity contribution is 6.31. The van der Waals surface area contributed by atoms with Crippen LogP contribution in [0.25, 0.3) is 0 Å². The maximum atomic E-state index is 9.08. The lowest BCUT2D eigenvalue weighted by molar-refractivity contribution is 0.318. The van der Waals surface area contributed by atoms with Gasteiger partial charge in [0.2, 0.25) is 0 Å². The highest BCUT2D eigenvalue weighted by atomic mass is 35.5. The van der Waals surface area contributed by atoms with Crippen molar-refractivity contribution in [3.05, 3.63) is 70.7 Å². The Morgan fingerprint density at radius 1 is 1.00 bits per heavy atom. The third kappa shape index (κ3) is 2.86. The highest BCUT2D eigenvalue weighted by Crippen LogP contribution is 2.17. The van der Waals surface area contributed by atoms with Crippen molar-refractivity contribution in [3.8, 4) is 0 Å². The van der Waals surface area contributed by atoms with E-state index in [1.807, 2.05) is 54.6 Å². The van der Waals surface area contributed by atoms with Gasteiger partial charge >= 0.3 is 0 Å². The summed E-state index contributed by atoms with van der Waals surface area (Å²) in [5.74, 6) is 0. The summed E-state index contributed by atoms with van der Waals surface area (Å²) in [6.07, 6.45) is 0.514. The van der Waals surface area contributed by atoms with Gasteiger partial charge in [-0.15, -0.1) is 0 Å². The molecule has 0 aliphatic rings. The zero-order valence-corrected chi connectivity index (χ0v) is 9.93. The van der Waals surface area contributed by atoms with Crippen LogP contribution in [0.3, 0.4) is 0 Å². The molecule has 0 aliphatic carbocycles. The quantitative estimate of drug-likeness (QED) is 0.498. The first-order valence-electron chi connectivity index (χ1n) is 5.31. The lowest BCUT2D eigenvalue weighted by atomic mass is 10.0. The summed E-state index contributed by atoms with van der Waals surface area (Å²) in [5, 5.41) is 13.1. The van der Waals surface area contributed by atoms with E-state index in [1.165, 1.54) is 0 Å². The number of halogens is 1. The molecule has 0 atom stereocenters. The van der Waals surface area contributed by atoms with Gasteiger partial charge < -0.3 is 5.21 Å². The molecule has 86 valence electrons. The summed E-state index contributed by atoms with van der Waals surface area (Å²) >= 11 is 6.08. The third-order valence-corrected chi connectivity index (χ3v) is 2.91. The van der Waals surface area contributed by atoms with Gasteiger partial charge in [-0.1, -0.05) is 65.3 Å². The first kappa shape index (κ1) is 11.7. The van der Waals surface area contributed by atoms with Crippen molar-refractivity contribution in [1.82, 2.24) is 0 Å². The standard InChI is InChI=1S/C14H12ClNO/c15-13-9-5-4-8-12(13)10-14(16-17)11-6-2-1-3-7-11/h1-9,17H,10H2. The van der Waals surface area contributed by atoms with Gasteiger partial charge in [-0.05, 0) is 17.2 Å². The van der Waals surface area contributed by atoms with Crippen LogP contribution in [0.5, 0.6) is 0 Å². The van der Waals surface area contributed by atoms with Crippen molar-refractivity contribution in [2.75, 3.05) is 0 Å². The molecule has 0 bridgehead atoms. The predicted molar refractivity (Wildman–Crippen MR) is 69.9 cm³/mol. The lowest BCUT2D eigenvalue weighted by Gasteiger charge is -2.06. The van der Waals surface area contributed by atoms with Crippen molar-refractivity contribution < 1.29 is 5.21 Å². The molecule has 0 spiro atoms. The number of benzene rings is 2. The van der Waals surface area contributed by atoms with Crippen molar-refractivity contribution in [1.29, 1.82) is 0 Å². The van der Waals surface area contributed by atoms with Crippen LogP contribution in [-0.4, -0.2) is 10.9 Å². The summed E-state index contributed by atoms with van der Waals surface area (Å²) in [5.41, 5.74) is 2.46. The minimum atomic E-state index is 0.514. The van der Waals surface area contributed by atoms with Gasteiger partial charge in [-0.25, -0.2) is 0 Å². The third-order valence-electron chi connectivity index (χ3n) is 2.54. The summed E-state index contributed by atoms with van der Waals surface area (Å²) in [7, 11) is 0. The average molecular weight is 246 g/mol. The molecule has 2 aromatic carbocycles. The summed E-state index contributed by atoms with van der Waals surface area (Å²) < 4.78 is 0. The fraction of sp³-hybridized carbons (Fsp3) is 0.0714. The molecule has 0 saturated heterocycles. The number of hydrogen-bond donors (Lipinski definition) is 1. The van der Waals surface area contributed by atoms with Gasteiger partial charge in [-0.2, -0.15) is 0 Å². The Bertz CT molecular complexity index is 523. The zero-order valence-electron chi connectivity index (χ0n) is 9.18. The van der Waals surface area contributed by atoms with E-state index in [0.717, 1.165) is 11.1 Å². The largest absolute Gasteiger partial charge is 0.411 e. The first-order valence-corrected chi connectivity index (χ1v) is 5.69. The van der Waals surface area contributed by atoms with Crippen LogP contribution in [0.1, 0.15) is 11.1 Å². The molecule has 0 aliphatic heterocycles. The van der Waals surface area contributed by atoms with Crippen LogP contribution in [0.4, 0.5) is 0 Å². The van der Waals surface area contributed by atoms with Crippen LogP contribution in [0.15, 0.2) is 59.8 Å². The van der Waals surface area contributed by atoms with E-state index < -0.39 is 0 Å². The first-order chi connectivity index (χ1) is 8.31. The maximum Gasteiger partial charge on any atom is 0.0912 e. The van der Waals surface area contributed by atoms with Crippen molar-refractivity contribution >= 4 is 17.3 Å². The molecule has 1 N–H and O–H groups in total. The Kier molecular flexibility index (Phi) is 3.78. The van der Waals surface area contributed by atoms with Gasteiger partial charge in [0.05, 0.1) is 5.71 Å². The van der Waals surface area contributed by atoms with Gasteiger partial charge in [0.25, 0.3) is 0 Å². The molecule has 0 heterocycles. The van der Waals surface area contributed by atoms with Gasteiger partial charge in [0.15, 0.2) is 0 Å². The molecule has 0 aromatic heterocycles. The Balaban J connectivity index is 2.26. The fourth-order valence-corrected chi connectivity index (χ4v) is 1.85. The molecule has 2 rings (SSSR count). The molecular formula is C14H12ClNO. The normalized spacial score (nSPS) is 11.5. The molecule has 0 saturated carbocycles. The number of rotatable bonds is 3. The van der Waals surface area contributed by atoms with E-state index >= 15 is 0 Å². The number of nitrogens with zero attached hydrogens (tertiary/aromatic N) is 1.